The van der Waals surface area contributed by atoms with Gasteiger partial charge in [0.2, 0.25) is 47.3 Å². The van der Waals surface area contributed by atoms with Gasteiger partial charge in [-0.05, 0) is 140 Å². The van der Waals surface area contributed by atoms with E-state index in [1.54, 1.807) is 25.3 Å². The number of carboxylic acid groups (broad SMARTS) is 1. The average molecular weight is 1440 g/mol. The number of fused-ring (bicyclic) bond motifs is 5. The van der Waals surface area contributed by atoms with Crippen LogP contribution in [0.25, 0.3) is 21.8 Å². The standard InChI is InChI=1S/C73H86F2N12O13S2/c1-2-73-20-6-23-87(73)71(99)61(27-42-10-14-52(88)15-11-42)85-67(95)46(26-43-18-22-78-35-43)31-63(90)59(34-65(92)93)83-70(98)60(30-49-37-80-57-17-13-51(75)33-55(49)57)84-68(96)47(28-48-36-79-56-16-12-50(74)32-54(48)56)29-53(89)38-81-69(97)58(9-3-4-21-76)82-64(91)19-24-101-39-44-7-5-8-45(25-44)40-102-41-62(66(77)94)86-72(73)100/h5,7-8,10-17,22,25,32-33,35-37,46-47,58-62,79-80,88H,2-4,6,9,18-21,23-24,26-31,34,38-41,76H2,1H3,(H2,77,94)(H,81,97)(H,82,91)(H,83,98)(H,84,96)(H,85,95)(H,86,100)(H,92,93)/t46-,47-,58+,59+,60+,61+,62+,73+/m1/s1. The van der Waals surface area contributed by atoms with E-state index in [0.29, 0.717) is 81.6 Å². The third kappa shape index (κ3) is 20.7. The molecule has 0 aliphatic carbocycles. The summed E-state index contributed by atoms with van der Waals surface area (Å²) in [5, 5.41) is 37.7. The van der Waals surface area contributed by atoms with E-state index < -0.39 is 156 Å². The molecule has 2 aromatic heterocycles. The fourth-order valence-corrected chi connectivity index (χ4v) is 15.1. The molecule has 5 heterocycles. The number of phenols is 1. The Balaban J connectivity index is 1.06. The summed E-state index contributed by atoms with van der Waals surface area (Å²) in [6.07, 6.45) is 4.70. The molecule has 6 aromatic rings. The van der Waals surface area contributed by atoms with E-state index in [9.17, 15) is 47.8 Å². The highest BCUT2D eigenvalue weighted by atomic mass is 32.2. The molecule has 0 unspecified atom stereocenters. The lowest BCUT2D eigenvalue weighted by Gasteiger charge is -2.39. The Hall–Kier alpha value is -9.74. The van der Waals surface area contributed by atoms with Crippen LogP contribution in [0.2, 0.25) is 0 Å². The van der Waals surface area contributed by atoms with Crippen molar-refractivity contribution in [3.05, 3.63) is 149 Å². The molecule has 8 atom stereocenters. The number of aliphatic carboxylic acids is 1. The number of carboxylic acids is 1. The topological polar surface area (TPSA) is 400 Å². The number of nitrogens with two attached hydrogens (primary N) is 2. The van der Waals surface area contributed by atoms with Gasteiger partial charge in [-0.25, -0.2) is 8.78 Å². The number of nitrogens with one attached hydrogen (secondary N) is 8. The second-order valence-electron chi connectivity index (χ2n) is 26.1. The van der Waals surface area contributed by atoms with Gasteiger partial charge in [-0.1, -0.05) is 43.3 Å². The monoisotopic (exact) mass is 1440 g/mol. The number of carbonyl (C=O) groups excluding carboxylic acids is 10. The average Bonchev–Trinajstić information content (AvgIpc) is 1.55. The number of aromatic nitrogens is 2. The number of Topliss-reactive ketones (excluding diaryl/α,β-unsaturated/α-hetero) is 2. The number of aromatic amines is 2. The summed E-state index contributed by atoms with van der Waals surface area (Å²) in [4.78, 5) is 170. The van der Waals surface area contributed by atoms with Crippen LogP contribution in [-0.2, 0) is 83.5 Å². The number of halogens is 2. The van der Waals surface area contributed by atoms with Crippen molar-refractivity contribution in [3.63, 3.8) is 0 Å². The number of aliphatic imine (C=N–C) groups is 1. The summed E-state index contributed by atoms with van der Waals surface area (Å²) < 4.78 is 29.9. The zero-order chi connectivity index (χ0) is 73.0. The molecule has 0 spiro atoms. The van der Waals surface area contributed by atoms with E-state index in [-0.39, 0.29) is 75.0 Å². The lowest BCUT2D eigenvalue weighted by molar-refractivity contribution is -0.148. The number of rotatable bonds is 16. The number of unbranched alkanes of at least 4 members (excludes halogenated alkanes) is 1. The van der Waals surface area contributed by atoms with E-state index >= 15 is 24.0 Å². The van der Waals surface area contributed by atoms with E-state index in [4.69, 9.17) is 11.5 Å². The molecule has 0 saturated carbocycles. The number of phenolic OH excluding ortho intramolecular Hbond substituents is 1. The predicted molar refractivity (Wildman–Crippen MR) is 382 cm³/mol. The molecule has 25 nitrogen and oxygen atoms in total. The van der Waals surface area contributed by atoms with Gasteiger partial charge in [0.15, 0.2) is 11.6 Å². The summed E-state index contributed by atoms with van der Waals surface area (Å²) >= 11 is 2.82. The molecule has 1 saturated heterocycles. The summed E-state index contributed by atoms with van der Waals surface area (Å²) in [6.45, 7) is 1.46. The number of allylic oxidation sites excluding steroid dienone is 1. The number of benzene rings is 4. The largest absolute Gasteiger partial charge is 0.508 e. The van der Waals surface area contributed by atoms with Gasteiger partial charge < -0.3 is 68.4 Å². The number of amides is 8. The van der Waals surface area contributed by atoms with Gasteiger partial charge in [0, 0.05) is 127 Å². The van der Waals surface area contributed by atoms with Crippen molar-refractivity contribution in [2.24, 2.45) is 28.3 Å². The van der Waals surface area contributed by atoms with E-state index in [2.05, 4.69) is 46.9 Å². The van der Waals surface area contributed by atoms with E-state index in [1.807, 2.05) is 24.3 Å². The number of hydrogen-bond acceptors (Lipinski definition) is 16. The first-order valence-electron chi connectivity index (χ1n) is 34.1. The first kappa shape index (κ1) is 76.4. The van der Waals surface area contributed by atoms with Crippen molar-refractivity contribution >= 4 is 116 Å². The van der Waals surface area contributed by atoms with Crippen LogP contribution in [-0.4, -0.2) is 163 Å². The third-order valence-corrected chi connectivity index (χ3v) is 20.8. The van der Waals surface area contributed by atoms with Gasteiger partial charge in [-0.2, -0.15) is 23.5 Å². The number of thioether (sulfide) groups is 2. The van der Waals surface area contributed by atoms with Gasteiger partial charge in [-0.15, -0.1) is 0 Å². The maximum absolute atomic E-state index is 15.4. The first-order valence-corrected chi connectivity index (χ1v) is 36.4. The third-order valence-electron chi connectivity index (χ3n) is 18.7. The van der Waals surface area contributed by atoms with Crippen LogP contribution in [0.4, 0.5) is 8.78 Å². The Kier molecular flexibility index (Phi) is 27.1. The van der Waals surface area contributed by atoms with Crippen LogP contribution in [0.15, 0.2) is 114 Å². The maximum atomic E-state index is 15.4. The highest BCUT2D eigenvalue weighted by Crippen LogP contribution is 2.35. The minimum Gasteiger partial charge on any atom is -0.508 e. The number of hydrogen-bond donors (Lipinski definition) is 12. The summed E-state index contributed by atoms with van der Waals surface area (Å²) in [7, 11) is 0. The maximum Gasteiger partial charge on any atom is 0.305 e. The van der Waals surface area contributed by atoms with Gasteiger partial charge in [0.05, 0.1) is 19.0 Å². The molecule has 102 heavy (non-hydrogen) atoms. The normalized spacial score (nSPS) is 23.3. The summed E-state index contributed by atoms with van der Waals surface area (Å²) in [5.41, 5.74) is 14.7. The molecule has 2 bridgehead atoms. The Morgan fingerprint density at radius 3 is 1.99 bits per heavy atom. The number of primary amides is 1. The van der Waals surface area contributed by atoms with Crippen molar-refractivity contribution in [2.75, 3.05) is 31.1 Å². The predicted octanol–water partition coefficient (Wildman–Crippen LogP) is 5.53. The van der Waals surface area contributed by atoms with Crippen LogP contribution in [0, 0.1) is 23.5 Å². The number of ketones is 2. The van der Waals surface area contributed by atoms with E-state index in [0.717, 1.165) is 11.1 Å². The van der Waals surface area contributed by atoms with Crippen LogP contribution < -0.4 is 43.4 Å². The smallest absolute Gasteiger partial charge is 0.305 e. The first-order chi connectivity index (χ1) is 49.0. The minimum absolute atomic E-state index is 0.0265. The van der Waals surface area contributed by atoms with Crippen LogP contribution in [0.3, 0.4) is 0 Å². The molecule has 3 aliphatic rings. The van der Waals surface area contributed by atoms with Crippen molar-refractivity contribution < 1.29 is 71.7 Å². The number of nitrogens with zero attached hydrogens (tertiary/aromatic N) is 2. The molecule has 29 heteroatoms. The Morgan fingerprint density at radius 2 is 1.35 bits per heavy atom. The highest BCUT2D eigenvalue weighted by Gasteiger charge is 2.51. The van der Waals surface area contributed by atoms with Crippen molar-refractivity contribution in [1.82, 2.24) is 46.8 Å². The Labute approximate surface area is 596 Å². The molecule has 542 valence electrons. The SMILES string of the molecule is CC[C@@]12CCCN1C(=O)[C@H](Cc1ccc(O)cc1)NC(=O)[C@H](CC1=CN=CC1)CC(=O)[C@H](CC(=O)O)NC(=O)[C@H](Cc1c[nH]c3ccc(F)cc13)NC(=O)[C@H](Cc1c[nH]c3ccc(F)cc13)CC(=O)CNC(=O)[C@H](CCCCN)NC(=O)CCSCc1cccc(c1)CSC[C@@H](C(N)=O)NC2=O. The van der Waals surface area contributed by atoms with Crippen molar-refractivity contribution in [3.8, 4) is 5.75 Å². The Morgan fingerprint density at radius 1 is 0.706 bits per heavy atom. The molecule has 0 radical (unpaired) electrons. The zero-order valence-corrected chi connectivity index (χ0v) is 58.1. The van der Waals surface area contributed by atoms with Crippen LogP contribution >= 0.6 is 23.5 Å². The fourth-order valence-electron chi connectivity index (χ4n) is 13.2. The van der Waals surface area contributed by atoms with Gasteiger partial charge >= 0.3 is 5.97 Å². The molecule has 1 fully saturated rings. The quantitative estimate of drug-likeness (QED) is 0.0530. The van der Waals surface area contributed by atoms with E-state index in [1.165, 1.54) is 95.5 Å². The van der Waals surface area contributed by atoms with Gasteiger partial charge in [0.1, 0.15) is 47.1 Å². The molecule has 9 rings (SSSR count). The molecular weight excluding hydrogens is 1360 g/mol. The van der Waals surface area contributed by atoms with Crippen molar-refractivity contribution in [2.45, 2.75) is 150 Å². The molecule has 14 N–H and O–H groups in total. The lowest BCUT2D eigenvalue weighted by atomic mass is 9.88. The second-order valence-corrected chi connectivity index (χ2v) is 28.2. The fraction of sp³-hybridized carbons (Fsp3) is 0.425. The van der Waals surface area contributed by atoms with Crippen molar-refractivity contribution in [1.29, 1.82) is 0 Å². The molecular formula is C73H86F2N12O13S2. The van der Waals surface area contributed by atoms with Crippen LogP contribution in [0.1, 0.15) is 112 Å². The minimum atomic E-state index is -1.90. The van der Waals surface area contributed by atoms with Gasteiger partial charge in [0.25, 0.3) is 0 Å². The zero-order valence-electron chi connectivity index (χ0n) is 56.5. The Bertz CT molecular complexity index is 4150. The molecule has 8 amide bonds. The number of carbonyl (C=O) groups is 11. The molecule has 4 aromatic carbocycles. The summed E-state index contributed by atoms with van der Waals surface area (Å²) in [5.74, 6) is -12.1. The number of aromatic hydroxyl groups is 1. The lowest BCUT2D eigenvalue weighted by Crippen LogP contribution is -2.63. The molecule has 3 aliphatic heterocycles. The summed E-state index contributed by atoms with van der Waals surface area (Å²) in [6, 6.07) is 14.0. The van der Waals surface area contributed by atoms with Crippen LogP contribution in [0.5, 0.6) is 5.75 Å². The highest BCUT2D eigenvalue weighted by molar-refractivity contribution is 7.98. The number of H-pyrrole nitrogens is 2. The second kappa shape index (κ2) is 36.2. The van der Waals surface area contributed by atoms with Gasteiger partial charge in [-0.3, -0.25) is 57.7 Å².